The highest BCUT2D eigenvalue weighted by Crippen LogP contribution is 2.26. The zero-order chi connectivity index (χ0) is 13.8. The highest BCUT2D eigenvalue weighted by molar-refractivity contribution is 5.94. The summed E-state index contributed by atoms with van der Waals surface area (Å²) < 4.78 is 5.01. The second-order valence-electron chi connectivity index (χ2n) is 3.82. The van der Waals surface area contributed by atoms with Crippen molar-refractivity contribution in [3.63, 3.8) is 0 Å². The fourth-order valence-electron chi connectivity index (χ4n) is 1.45. The van der Waals surface area contributed by atoms with Crippen LogP contribution in [0.4, 0.5) is 10.5 Å². The van der Waals surface area contributed by atoms with Crippen molar-refractivity contribution in [1.82, 2.24) is 4.90 Å². The number of ether oxygens (including phenoxy) is 1. The Kier molecular flexibility index (Phi) is 3.56. The molecule has 1 aromatic rings. The average Bonchev–Trinajstić information content (AvgIpc) is 2.39. The normalized spacial score (nSPS) is 13.9. The van der Waals surface area contributed by atoms with Crippen molar-refractivity contribution in [3.05, 3.63) is 46.7 Å². The number of carbonyl (C=O) groups excluding carboxylic acids is 1. The second kappa shape index (κ2) is 5.30. The number of hydrogen-bond donors (Lipinski definition) is 0. The number of nitrogens with zero attached hydrogens (tertiary/aromatic N) is 3. The lowest BCUT2D eigenvalue weighted by Gasteiger charge is -2.18. The summed E-state index contributed by atoms with van der Waals surface area (Å²) in [5, 5.41) is 10.8. The van der Waals surface area contributed by atoms with Gasteiger partial charge in [-0.15, -0.1) is 0 Å². The Hall–Kier alpha value is -2.70. The average molecular weight is 261 g/mol. The molecule has 0 radical (unpaired) electrons. The van der Waals surface area contributed by atoms with E-state index in [1.165, 1.54) is 29.3 Å². The molecule has 0 atom stereocenters. The quantitative estimate of drug-likeness (QED) is 0.604. The molecule has 0 saturated carbocycles. The molecule has 2 rings (SSSR count). The highest BCUT2D eigenvalue weighted by atomic mass is 16.6. The van der Waals surface area contributed by atoms with Crippen molar-refractivity contribution in [1.29, 1.82) is 0 Å². The van der Waals surface area contributed by atoms with E-state index in [4.69, 9.17) is 4.74 Å². The van der Waals surface area contributed by atoms with E-state index in [9.17, 15) is 14.9 Å². The standard InChI is InChI=1S/C12H11N3O4/c1-9-6-7-14(8-13-9)12(16)19-11-5-3-2-4-10(11)15(17)18/h2-7H,8H2,1H3. The van der Waals surface area contributed by atoms with E-state index in [0.717, 1.165) is 5.71 Å². The van der Waals surface area contributed by atoms with Gasteiger partial charge in [0.15, 0.2) is 0 Å². The monoisotopic (exact) mass is 261 g/mol. The minimum atomic E-state index is -0.707. The Morgan fingerprint density at radius 3 is 2.84 bits per heavy atom. The predicted molar refractivity (Wildman–Crippen MR) is 68.1 cm³/mol. The molecule has 0 N–H and O–H groups in total. The van der Waals surface area contributed by atoms with E-state index in [2.05, 4.69) is 4.99 Å². The largest absolute Gasteiger partial charge is 0.421 e. The number of nitro groups is 1. The van der Waals surface area contributed by atoms with Gasteiger partial charge in [0.25, 0.3) is 0 Å². The summed E-state index contributed by atoms with van der Waals surface area (Å²) in [5.41, 5.74) is 0.547. The minimum Gasteiger partial charge on any atom is -0.403 e. The van der Waals surface area contributed by atoms with Crippen molar-refractivity contribution in [2.75, 3.05) is 6.67 Å². The number of nitro benzene ring substituents is 1. The lowest BCUT2D eigenvalue weighted by molar-refractivity contribution is -0.385. The summed E-state index contributed by atoms with van der Waals surface area (Å²) in [6.45, 7) is 1.95. The van der Waals surface area contributed by atoms with Crippen LogP contribution in [0, 0.1) is 10.1 Å². The van der Waals surface area contributed by atoms with Gasteiger partial charge in [-0.1, -0.05) is 12.1 Å². The van der Waals surface area contributed by atoms with Gasteiger partial charge in [0.05, 0.1) is 4.92 Å². The molecule has 19 heavy (non-hydrogen) atoms. The number of amides is 1. The molecule has 98 valence electrons. The Balaban J connectivity index is 2.12. The zero-order valence-electron chi connectivity index (χ0n) is 10.1. The van der Waals surface area contributed by atoms with E-state index in [-0.39, 0.29) is 18.1 Å². The summed E-state index contributed by atoms with van der Waals surface area (Å²) in [6.07, 6.45) is 2.48. The van der Waals surface area contributed by atoms with Crippen LogP contribution in [0.5, 0.6) is 5.75 Å². The molecule has 0 saturated heterocycles. The molecule has 1 heterocycles. The van der Waals surface area contributed by atoms with Crippen LogP contribution in [0.15, 0.2) is 41.5 Å². The smallest absolute Gasteiger partial charge is 0.403 e. The molecule has 7 nitrogen and oxygen atoms in total. The Morgan fingerprint density at radius 1 is 1.47 bits per heavy atom. The summed E-state index contributed by atoms with van der Waals surface area (Å²) in [4.78, 5) is 27.3. The Bertz CT molecular complexity index is 580. The molecule has 0 aromatic heterocycles. The second-order valence-corrected chi connectivity index (χ2v) is 3.82. The first-order valence-electron chi connectivity index (χ1n) is 5.49. The van der Waals surface area contributed by atoms with Crippen LogP contribution in [0.25, 0.3) is 0 Å². The topological polar surface area (TPSA) is 85.0 Å². The maximum Gasteiger partial charge on any atom is 0.421 e. The number of allylic oxidation sites excluding steroid dienone is 1. The first-order chi connectivity index (χ1) is 9.08. The van der Waals surface area contributed by atoms with Gasteiger partial charge < -0.3 is 4.74 Å². The van der Waals surface area contributed by atoms with Gasteiger partial charge in [-0.05, 0) is 19.1 Å². The third-order valence-electron chi connectivity index (χ3n) is 2.46. The first kappa shape index (κ1) is 12.7. The van der Waals surface area contributed by atoms with Gasteiger partial charge in [-0.25, -0.2) is 4.79 Å². The van der Waals surface area contributed by atoms with Gasteiger partial charge in [0, 0.05) is 18.0 Å². The van der Waals surface area contributed by atoms with Crippen molar-refractivity contribution >= 4 is 17.5 Å². The predicted octanol–water partition coefficient (Wildman–Crippen LogP) is 2.34. The van der Waals surface area contributed by atoms with Crippen LogP contribution in [-0.4, -0.2) is 28.3 Å². The minimum absolute atomic E-state index is 0.0859. The number of hydrogen-bond acceptors (Lipinski definition) is 5. The molecule has 1 aliphatic heterocycles. The van der Waals surface area contributed by atoms with Gasteiger partial charge >= 0.3 is 11.8 Å². The van der Waals surface area contributed by atoms with Crippen LogP contribution in [0.2, 0.25) is 0 Å². The van der Waals surface area contributed by atoms with Crippen molar-refractivity contribution in [3.8, 4) is 5.75 Å². The molecule has 0 bridgehead atoms. The number of aliphatic imine (C=N–C) groups is 1. The van der Waals surface area contributed by atoms with Gasteiger partial charge in [0.1, 0.15) is 6.67 Å². The van der Waals surface area contributed by atoms with Crippen molar-refractivity contribution < 1.29 is 14.5 Å². The fraction of sp³-hybridized carbons (Fsp3) is 0.167. The van der Waals surface area contributed by atoms with Crippen LogP contribution < -0.4 is 4.74 Å². The third-order valence-corrected chi connectivity index (χ3v) is 2.46. The molecule has 7 heteroatoms. The highest BCUT2D eigenvalue weighted by Gasteiger charge is 2.20. The van der Waals surface area contributed by atoms with Gasteiger partial charge in [0.2, 0.25) is 5.75 Å². The molecular weight excluding hydrogens is 250 g/mol. The number of rotatable bonds is 2. The van der Waals surface area contributed by atoms with Gasteiger partial charge in [-0.3, -0.25) is 20.0 Å². The molecule has 1 aliphatic rings. The molecule has 0 aliphatic carbocycles. The van der Waals surface area contributed by atoms with E-state index < -0.39 is 11.0 Å². The van der Waals surface area contributed by atoms with E-state index in [1.807, 2.05) is 0 Å². The van der Waals surface area contributed by atoms with Gasteiger partial charge in [-0.2, -0.15) is 0 Å². The van der Waals surface area contributed by atoms with Crippen LogP contribution >= 0.6 is 0 Å². The van der Waals surface area contributed by atoms with E-state index in [1.54, 1.807) is 19.1 Å². The Morgan fingerprint density at radius 2 is 2.21 bits per heavy atom. The maximum absolute atomic E-state index is 11.8. The summed E-state index contributed by atoms with van der Waals surface area (Å²) in [6, 6.07) is 5.71. The SMILES string of the molecule is CC1=NCN(C(=O)Oc2ccccc2[N+](=O)[O-])C=C1. The lowest BCUT2D eigenvalue weighted by Crippen LogP contribution is -2.31. The zero-order valence-corrected chi connectivity index (χ0v) is 10.1. The van der Waals surface area contributed by atoms with Crippen LogP contribution in [-0.2, 0) is 0 Å². The number of benzene rings is 1. The molecule has 1 aromatic carbocycles. The van der Waals surface area contributed by atoms with E-state index >= 15 is 0 Å². The Labute approximate surface area is 109 Å². The van der Waals surface area contributed by atoms with E-state index in [0.29, 0.717) is 0 Å². The first-order valence-corrected chi connectivity index (χ1v) is 5.49. The fourth-order valence-corrected chi connectivity index (χ4v) is 1.45. The number of carbonyl (C=O) groups is 1. The van der Waals surface area contributed by atoms with Crippen molar-refractivity contribution in [2.24, 2.45) is 4.99 Å². The summed E-state index contributed by atoms with van der Waals surface area (Å²) in [5.74, 6) is -0.0859. The van der Waals surface area contributed by atoms with Crippen LogP contribution in [0.3, 0.4) is 0 Å². The summed E-state index contributed by atoms with van der Waals surface area (Å²) >= 11 is 0. The van der Waals surface area contributed by atoms with Crippen molar-refractivity contribution in [2.45, 2.75) is 6.92 Å². The van der Waals surface area contributed by atoms with Crippen LogP contribution in [0.1, 0.15) is 6.92 Å². The lowest BCUT2D eigenvalue weighted by atomic mass is 10.3. The maximum atomic E-state index is 11.8. The molecule has 0 unspecified atom stereocenters. The number of para-hydroxylation sites is 2. The molecule has 0 fully saturated rings. The molecule has 1 amide bonds. The third kappa shape index (κ3) is 2.95. The molecule has 0 spiro atoms. The molecular formula is C12H11N3O4. The summed E-state index contributed by atoms with van der Waals surface area (Å²) in [7, 11) is 0.